The maximum atomic E-state index is 13.9. The van der Waals surface area contributed by atoms with Crippen LogP contribution in [0, 0.1) is 5.95 Å². The number of anilines is 1. The second-order valence-corrected chi connectivity index (χ2v) is 8.66. The summed E-state index contributed by atoms with van der Waals surface area (Å²) in [7, 11) is 0. The van der Waals surface area contributed by atoms with Crippen LogP contribution in [0.2, 0.25) is 0 Å². The van der Waals surface area contributed by atoms with Gasteiger partial charge in [0.05, 0.1) is 21.3 Å². The highest BCUT2D eigenvalue weighted by Crippen LogP contribution is 2.46. The minimum absolute atomic E-state index is 0.0459. The van der Waals surface area contributed by atoms with E-state index >= 15 is 0 Å². The van der Waals surface area contributed by atoms with Crippen molar-refractivity contribution < 1.29 is 9.18 Å². The van der Waals surface area contributed by atoms with Gasteiger partial charge in [-0.3, -0.25) is 4.79 Å². The molecule has 3 heterocycles. The molecule has 3 aliphatic rings. The van der Waals surface area contributed by atoms with E-state index in [1.54, 1.807) is 6.07 Å². The van der Waals surface area contributed by atoms with Crippen molar-refractivity contribution in [3.63, 3.8) is 0 Å². The fourth-order valence-electron chi connectivity index (χ4n) is 4.33. The average Bonchev–Trinajstić information content (AvgIpc) is 2.69. The highest BCUT2D eigenvalue weighted by molar-refractivity contribution is 9.10. The summed E-state index contributed by atoms with van der Waals surface area (Å²) < 4.78 is 14.2. The summed E-state index contributed by atoms with van der Waals surface area (Å²) in [6, 6.07) is 2.52. The molecule has 1 aliphatic carbocycles. The first-order chi connectivity index (χ1) is 11.4. The standard InChI is InChI=1S/C18H23BrFN3O/c1-18(2)15-14(10-13(19)16(20)21-15)23(17(18)24)12-8-11(9-12)22-6-4-3-5-7-22/h10-12H,3-9H2,1-2H3. The molecule has 4 nitrogen and oxygen atoms in total. The Hall–Kier alpha value is -1.01. The number of carbonyl (C=O) groups excluding carboxylic acids is 1. The number of piperidine rings is 1. The normalized spacial score (nSPS) is 29.5. The van der Waals surface area contributed by atoms with Gasteiger partial charge >= 0.3 is 0 Å². The fraction of sp³-hybridized carbons (Fsp3) is 0.667. The lowest BCUT2D eigenvalue weighted by molar-refractivity contribution is -0.123. The highest BCUT2D eigenvalue weighted by atomic mass is 79.9. The van der Waals surface area contributed by atoms with Gasteiger partial charge in [0.2, 0.25) is 11.9 Å². The number of rotatable bonds is 2. The van der Waals surface area contributed by atoms with Crippen molar-refractivity contribution in [1.29, 1.82) is 0 Å². The maximum Gasteiger partial charge on any atom is 0.239 e. The quantitative estimate of drug-likeness (QED) is 0.717. The largest absolute Gasteiger partial charge is 0.307 e. The van der Waals surface area contributed by atoms with E-state index in [2.05, 4.69) is 25.8 Å². The molecule has 0 radical (unpaired) electrons. The molecule has 1 aromatic rings. The Morgan fingerprint density at radius 2 is 1.88 bits per heavy atom. The third kappa shape index (κ3) is 2.41. The van der Waals surface area contributed by atoms with E-state index in [4.69, 9.17) is 0 Å². The first kappa shape index (κ1) is 16.5. The van der Waals surface area contributed by atoms with Gasteiger partial charge in [-0.1, -0.05) is 6.42 Å². The Balaban J connectivity index is 1.57. The van der Waals surface area contributed by atoms with Crippen molar-refractivity contribution in [3.05, 3.63) is 22.2 Å². The van der Waals surface area contributed by atoms with E-state index in [1.165, 1.54) is 32.4 Å². The van der Waals surface area contributed by atoms with Crippen LogP contribution in [0.3, 0.4) is 0 Å². The summed E-state index contributed by atoms with van der Waals surface area (Å²) in [4.78, 5) is 21.5. The van der Waals surface area contributed by atoms with Crippen LogP contribution >= 0.6 is 15.9 Å². The van der Waals surface area contributed by atoms with Crippen LogP contribution in [0.1, 0.15) is 51.6 Å². The molecule has 0 aromatic carbocycles. The number of carbonyl (C=O) groups is 1. The second kappa shape index (κ2) is 5.77. The van der Waals surface area contributed by atoms with Crippen LogP contribution in [0.25, 0.3) is 0 Å². The van der Waals surface area contributed by atoms with Crippen molar-refractivity contribution in [2.24, 2.45) is 0 Å². The molecule has 1 aromatic heterocycles. The molecule has 0 bridgehead atoms. The van der Waals surface area contributed by atoms with Crippen LogP contribution < -0.4 is 4.90 Å². The van der Waals surface area contributed by atoms with E-state index in [1.807, 2.05) is 18.7 Å². The Morgan fingerprint density at radius 3 is 2.54 bits per heavy atom. The smallest absolute Gasteiger partial charge is 0.239 e. The summed E-state index contributed by atoms with van der Waals surface area (Å²) in [5, 5.41) is 0. The number of amides is 1. The molecule has 1 amide bonds. The Morgan fingerprint density at radius 1 is 1.21 bits per heavy atom. The highest BCUT2D eigenvalue weighted by Gasteiger charge is 2.51. The molecule has 4 rings (SSSR count). The number of nitrogens with zero attached hydrogens (tertiary/aromatic N) is 3. The molecule has 2 aliphatic heterocycles. The molecule has 0 unspecified atom stereocenters. The monoisotopic (exact) mass is 395 g/mol. The molecule has 0 N–H and O–H groups in total. The maximum absolute atomic E-state index is 13.9. The molecule has 1 saturated heterocycles. The minimum atomic E-state index is -0.757. The number of halogens is 2. The van der Waals surface area contributed by atoms with Gasteiger partial charge in [-0.25, -0.2) is 4.98 Å². The van der Waals surface area contributed by atoms with Crippen molar-refractivity contribution in [1.82, 2.24) is 9.88 Å². The first-order valence-corrected chi connectivity index (χ1v) is 9.63. The van der Waals surface area contributed by atoms with E-state index in [-0.39, 0.29) is 11.9 Å². The van der Waals surface area contributed by atoms with Crippen LogP contribution in [-0.2, 0) is 10.2 Å². The van der Waals surface area contributed by atoms with Crippen molar-refractivity contribution in [2.45, 2.75) is 63.5 Å². The van der Waals surface area contributed by atoms with Crippen LogP contribution in [0.4, 0.5) is 10.1 Å². The van der Waals surface area contributed by atoms with Gasteiger partial charge in [-0.05, 0) is 74.6 Å². The first-order valence-electron chi connectivity index (χ1n) is 8.84. The number of pyridine rings is 1. The summed E-state index contributed by atoms with van der Waals surface area (Å²) in [5.74, 6) is -0.499. The predicted octanol–water partition coefficient (Wildman–Crippen LogP) is 3.62. The summed E-state index contributed by atoms with van der Waals surface area (Å²) in [6.07, 6.45) is 5.93. The van der Waals surface area contributed by atoms with Gasteiger partial charge in [0.25, 0.3) is 0 Å². The lowest BCUT2D eigenvalue weighted by atomic mass is 9.83. The minimum Gasteiger partial charge on any atom is -0.307 e. The number of fused-ring (bicyclic) bond motifs is 1. The Labute approximate surface area is 150 Å². The van der Waals surface area contributed by atoms with Crippen molar-refractivity contribution in [2.75, 3.05) is 18.0 Å². The van der Waals surface area contributed by atoms with E-state index in [9.17, 15) is 9.18 Å². The van der Waals surface area contributed by atoms with Crippen molar-refractivity contribution >= 4 is 27.5 Å². The number of likely N-dealkylation sites (tertiary alicyclic amines) is 1. The molecule has 24 heavy (non-hydrogen) atoms. The zero-order chi connectivity index (χ0) is 17.1. The van der Waals surface area contributed by atoms with Gasteiger partial charge in [-0.15, -0.1) is 0 Å². The molecular weight excluding hydrogens is 373 g/mol. The van der Waals surface area contributed by atoms with E-state index in [0.29, 0.717) is 16.2 Å². The number of aromatic nitrogens is 1. The second-order valence-electron chi connectivity index (χ2n) is 7.80. The van der Waals surface area contributed by atoms with Gasteiger partial charge in [-0.2, -0.15) is 4.39 Å². The Kier molecular flexibility index (Phi) is 3.95. The van der Waals surface area contributed by atoms with Crippen molar-refractivity contribution in [3.8, 4) is 0 Å². The van der Waals surface area contributed by atoms with Gasteiger partial charge in [0.1, 0.15) is 0 Å². The molecule has 130 valence electrons. The molecular formula is C18H23BrFN3O. The zero-order valence-electron chi connectivity index (χ0n) is 14.2. The summed E-state index contributed by atoms with van der Waals surface area (Å²) >= 11 is 3.21. The van der Waals surface area contributed by atoms with Crippen LogP contribution in [-0.4, -0.2) is 41.0 Å². The van der Waals surface area contributed by atoms with Crippen LogP contribution in [0.15, 0.2) is 10.5 Å². The zero-order valence-corrected chi connectivity index (χ0v) is 15.8. The predicted molar refractivity (Wildman–Crippen MR) is 94.6 cm³/mol. The van der Waals surface area contributed by atoms with Gasteiger partial charge < -0.3 is 9.80 Å². The van der Waals surface area contributed by atoms with E-state index < -0.39 is 11.4 Å². The molecule has 0 spiro atoms. The Bertz CT molecular complexity index is 681. The SMILES string of the molecule is CC1(C)C(=O)N(C2CC(N3CCCCC3)C2)c2cc(Br)c(F)nc21. The molecule has 2 fully saturated rings. The number of hydrogen-bond acceptors (Lipinski definition) is 3. The summed E-state index contributed by atoms with van der Waals surface area (Å²) in [5.41, 5.74) is 0.586. The third-order valence-electron chi connectivity index (χ3n) is 5.88. The van der Waals surface area contributed by atoms with Crippen LogP contribution in [0.5, 0.6) is 0 Å². The van der Waals surface area contributed by atoms with Gasteiger partial charge in [0, 0.05) is 12.1 Å². The summed E-state index contributed by atoms with van der Waals surface area (Å²) in [6.45, 7) is 6.06. The number of hydrogen-bond donors (Lipinski definition) is 0. The topological polar surface area (TPSA) is 36.4 Å². The average molecular weight is 396 g/mol. The molecule has 1 saturated carbocycles. The lowest BCUT2D eigenvalue weighted by Gasteiger charge is -2.47. The molecule has 6 heteroatoms. The fourth-order valence-corrected chi connectivity index (χ4v) is 4.63. The lowest BCUT2D eigenvalue weighted by Crippen LogP contribution is -2.57. The van der Waals surface area contributed by atoms with Gasteiger partial charge in [0.15, 0.2) is 0 Å². The van der Waals surface area contributed by atoms with E-state index in [0.717, 1.165) is 18.5 Å². The third-order valence-corrected chi connectivity index (χ3v) is 6.43. The molecule has 0 atom stereocenters.